The Kier molecular flexibility index (Phi) is 5.04. The van der Waals surface area contributed by atoms with Gasteiger partial charge in [-0.05, 0) is 55.6 Å². The monoisotopic (exact) mass is 404 g/mol. The highest BCUT2D eigenvalue weighted by Gasteiger charge is 2.14. The molecule has 0 saturated carbocycles. The summed E-state index contributed by atoms with van der Waals surface area (Å²) in [5.74, 6) is 0.0701. The first kappa shape index (κ1) is 18.3. The summed E-state index contributed by atoms with van der Waals surface area (Å²) in [5.41, 5.74) is 2.91. The predicted octanol–water partition coefficient (Wildman–Crippen LogP) is 5.26. The Morgan fingerprint density at radius 3 is 2.83 bits per heavy atom. The number of anilines is 1. The minimum Gasteiger partial charge on any atom is -0.326 e. The zero-order valence-corrected chi connectivity index (χ0v) is 17.1. The van der Waals surface area contributed by atoms with Gasteiger partial charge in [0.05, 0.1) is 11.7 Å². The maximum absolute atomic E-state index is 12.6. The number of likely N-dealkylation sites (tertiary alicyclic amines) is 1. The lowest BCUT2D eigenvalue weighted by atomic mass is 10.1. The number of H-pyrrole nitrogens is 1. The van der Waals surface area contributed by atoms with Crippen molar-refractivity contribution in [2.45, 2.75) is 25.7 Å². The molecule has 2 N–H and O–H groups in total. The fourth-order valence-corrected chi connectivity index (χ4v) is 5.19. The van der Waals surface area contributed by atoms with Gasteiger partial charge in [-0.3, -0.25) is 9.89 Å². The molecule has 1 aliphatic heterocycles. The average Bonchev–Trinajstić information content (AvgIpc) is 3.39. The Balaban J connectivity index is 1.39. The molecule has 2 aromatic carbocycles. The molecule has 0 aliphatic carbocycles. The maximum atomic E-state index is 12.6. The number of thiophene rings is 1. The van der Waals surface area contributed by atoms with E-state index in [0.717, 1.165) is 41.8 Å². The van der Waals surface area contributed by atoms with Gasteiger partial charge in [-0.15, -0.1) is 11.3 Å². The largest absolute Gasteiger partial charge is 0.326 e. The number of benzene rings is 2. The van der Waals surface area contributed by atoms with Crippen LogP contribution in [0.2, 0.25) is 0 Å². The average molecular weight is 405 g/mol. The first-order chi connectivity index (χ1) is 14.3. The first-order valence-corrected chi connectivity index (χ1v) is 11.1. The van der Waals surface area contributed by atoms with Gasteiger partial charge < -0.3 is 10.2 Å². The highest BCUT2D eigenvalue weighted by molar-refractivity contribution is 7.22. The third-order valence-corrected chi connectivity index (χ3v) is 6.78. The molecule has 1 amide bonds. The zero-order valence-electron chi connectivity index (χ0n) is 16.3. The Hall–Kier alpha value is -2.70. The summed E-state index contributed by atoms with van der Waals surface area (Å²) in [5, 5.41) is 12.7. The molecule has 1 aliphatic rings. The van der Waals surface area contributed by atoms with Crippen LogP contribution >= 0.6 is 11.3 Å². The van der Waals surface area contributed by atoms with Crippen LogP contribution < -0.4 is 5.32 Å². The van der Waals surface area contributed by atoms with E-state index in [1.807, 2.05) is 12.3 Å². The van der Waals surface area contributed by atoms with Gasteiger partial charge >= 0.3 is 0 Å². The molecule has 29 heavy (non-hydrogen) atoms. The van der Waals surface area contributed by atoms with E-state index in [-0.39, 0.29) is 5.91 Å². The van der Waals surface area contributed by atoms with Crippen LogP contribution in [0.15, 0.2) is 48.7 Å². The molecule has 5 rings (SSSR count). The van der Waals surface area contributed by atoms with E-state index in [1.54, 1.807) is 11.3 Å². The molecular formula is C23H24N4OS. The summed E-state index contributed by atoms with van der Waals surface area (Å²) in [6.07, 6.45) is 6.15. The van der Waals surface area contributed by atoms with Crippen molar-refractivity contribution in [1.29, 1.82) is 0 Å². The quantitative estimate of drug-likeness (QED) is 0.477. The number of hydrogen-bond donors (Lipinski definition) is 2. The molecule has 1 saturated heterocycles. The van der Waals surface area contributed by atoms with Gasteiger partial charge in [0.2, 0.25) is 5.91 Å². The highest BCUT2D eigenvalue weighted by Crippen LogP contribution is 2.38. The third-order valence-electron chi connectivity index (χ3n) is 5.63. The lowest BCUT2D eigenvalue weighted by Crippen LogP contribution is -2.32. The van der Waals surface area contributed by atoms with Crippen LogP contribution in [0.1, 0.15) is 25.7 Å². The summed E-state index contributed by atoms with van der Waals surface area (Å²) in [7, 11) is 0. The summed E-state index contributed by atoms with van der Waals surface area (Å²) < 4.78 is 1.26. The van der Waals surface area contributed by atoms with Crippen molar-refractivity contribution >= 4 is 43.9 Å². The lowest BCUT2D eigenvalue weighted by Gasteiger charge is -2.25. The van der Waals surface area contributed by atoms with Crippen LogP contribution in [0.5, 0.6) is 0 Å². The molecule has 0 radical (unpaired) electrons. The Bertz CT molecular complexity index is 1120. The van der Waals surface area contributed by atoms with Gasteiger partial charge in [-0.25, -0.2) is 0 Å². The number of rotatable bonds is 5. The second-order valence-electron chi connectivity index (χ2n) is 7.71. The third kappa shape index (κ3) is 3.91. The van der Waals surface area contributed by atoms with Gasteiger partial charge in [-0.2, -0.15) is 5.10 Å². The topological polar surface area (TPSA) is 61.0 Å². The number of aromatic nitrogens is 2. The molecule has 4 aromatic rings. The van der Waals surface area contributed by atoms with Crippen LogP contribution in [-0.4, -0.2) is 40.6 Å². The second-order valence-corrected chi connectivity index (χ2v) is 8.79. The molecule has 3 heterocycles. The van der Waals surface area contributed by atoms with Crippen molar-refractivity contribution in [1.82, 2.24) is 15.1 Å². The van der Waals surface area contributed by atoms with E-state index in [1.165, 1.54) is 34.2 Å². The number of amides is 1. The van der Waals surface area contributed by atoms with Crippen molar-refractivity contribution in [3.8, 4) is 10.4 Å². The summed E-state index contributed by atoms with van der Waals surface area (Å²) in [6, 6.07) is 14.7. The molecule has 2 aromatic heterocycles. The number of hydrogen-bond acceptors (Lipinski definition) is 4. The van der Waals surface area contributed by atoms with E-state index < -0.39 is 0 Å². The van der Waals surface area contributed by atoms with Gasteiger partial charge in [0.15, 0.2) is 0 Å². The first-order valence-electron chi connectivity index (χ1n) is 10.2. The Labute approximate surface area is 173 Å². The smallest absolute Gasteiger partial charge is 0.225 e. The highest BCUT2D eigenvalue weighted by atomic mass is 32.1. The summed E-state index contributed by atoms with van der Waals surface area (Å²) in [6.45, 7) is 3.07. The number of aromatic amines is 1. The zero-order chi connectivity index (χ0) is 19.6. The van der Waals surface area contributed by atoms with Crippen molar-refractivity contribution < 1.29 is 4.79 Å². The Morgan fingerprint density at radius 2 is 1.97 bits per heavy atom. The molecule has 1 fully saturated rings. The van der Waals surface area contributed by atoms with E-state index in [9.17, 15) is 4.79 Å². The Morgan fingerprint density at radius 1 is 1.10 bits per heavy atom. The molecule has 148 valence electrons. The molecule has 5 nitrogen and oxygen atoms in total. The summed E-state index contributed by atoms with van der Waals surface area (Å²) >= 11 is 1.76. The van der Waals surface area contributed by atoms with E-state index in [0.29, 0.717) is 6.42 Å². The SMILES string of the molecule is O=C(CCN1CCCCC1)Nc1cc(-c2cc3ccccc3s2)c2[nH]ncc2c1. The van der Waals surface area contributed by atoms with Crippen molar-refractivity contribution in [3.05, 3.63) is 48.7 Å². The number of nitrogens with zero attached hydrogens (tertiary/aromatic N) is 2. The number of carbonyl (C=O) groups is 1. The van der Waals surface area contributed by atoms with E-state index in [2.05, 4.69) is 56.8 Å². The number of fused-ring (bicyclic) bond motifs is 2. The van der Waals surface area contributed by atoms with E-state index >= 15 is 0 Å². The fourth-order valence-electron chi connectivity index (χ4n) is 4.10. The van der Waals surface area contributed by atoms with Crippen molar-refractivity contribution in [2.24, 2.45) is 0 Å². The molecular weight excluding hydrogens is 380 g/mol. The van der Waals surface area contributed by atoms with Gasteiger partial charge in [0.1, 0.15) is 0 Å². The van der Waals surface area contributed by atoms with Crippen LogP contribution in [0.4, 0.5) is 5.69 Å². The fraction of sp³-hybridized carbons (Fsp3) is 0.304. The van der Waals surface area contributed by atoms with Crippen LogP contribution in [0, 0.1) is 0 Å². The van der Waals surface area contributed by atoms with Crippen molar-refractivity contribution in [2.75, 3.05) is 25.0 Å². The van der Waals surface area contributed by atoms with Crippen LogP contribution in [-0.2, 0) is 4.79 Å². The predicted molar refractivity (Wildman–Crippen MR) is 120 cm³/mol. The summed E-state index contributed by atoms with van der Waals surface area (Å²) in [4.78, 5) is 16.1. The lowest BCUT2D eigenvalue weighted by molar-refractivity contribution is -0.116. The molecule has 0 spiro atoms. The maximum Gasteiger partial charge on any atom is 0.225 e. The normalized spacial score (nSPS) is 15.2. The van der Waals surface area contributed by atoms with Gasteiger partial charge in [0, 0.05) is 39.2 Å². The number of piperidine rings is 1. The standard InChI is InChI=1S/C23H24N4OS/c28-22(8-11-27-9-4-1-5-10-27)25-18-12-17-15-24-26-23(17)19(14-18)21-13-16-6-2-3-7-20(16)29-21/h2-3,6-7,12-15H,1,4-5,8-11H2,(H,24,26)(H,25,28). The molecule has 0 atom stereocenters. The van der Waals surface area contributed by atoms with Gasteiger partial charge in [-0.1, -0.05) is 24.6 Å². The molecule has 0 unspecified atom stereocenters. The molecule has 0 bridgehead atoms. The molecule has 6 heteroatoms. The van der Waals surface area contributed by atoms with E-state index in [4.69, 9.17) is 0 Å². The van der Waals surface area contributed by atoms with Gasteiger partial charge in [0.25, 0.3) is 0 Å². The van der Waals surface area contributed by atoms with Crippen LogP contribution in [0.25, 0.3) is 31.4 Å². The van der Waals surface area contributed by atoms with Crippen molar-refractivity contribution in [3.63, 3.8) is 0 Å². The number of nitrogens with one attached hydrogen (secondary N) is 2. The second kappa shape index (κ2) is 7.97. The van der Waals surface area contributed by atoms with Crippen LogP contribution in [0.3, 0.4) is 0 Å². The minimum absolute atomic E-state index is 0.0701. The number of carbonyl (C=O) groups excluding carboxylic acids is 1. The minimum atomic E-state index is 0.0701.